The predicted molar refractivity (Wildman–Crippen MR) is 102 cm³/mol. The van der Waals surface area contributed by atoms with Crippen LogP contribution in [0.25, 0.3) is 0 Å². The number of hydrogen-bond donors (Lipinski definition) is 1. The standard InChI is InChI=1S/C21H24N2O3/c1-14(2)26-18-10-8-17(9-11-18)23-13-16(12-20(23)24)21(25)22-19-7-5-4-6-15(19)3/h4-11,14,16H,12-13H2,1-3H3,(H,22,25)/t16-/m0/s1. The van der Waals surface area contributed by atoms with Crippen molar-refractivity contribution in [2.75, 3.05) is 16.8 Å². The summed E-state index contributed by atoms with van der Waals surface area (Å²) in [7, 11) is 0. The lowest BCUT2D eigenvalue weighted by Crippen LogP contribution is -2.28. The number of rotatable bonds is 5. The molecule has 0 aromatic heterocycles. The van der Waals surface area contributed by atoms with E-state index in [-0.39, 0.29) is 30.3 Å². The van der Waals surface area contributed by atoms with E-state index in [1.54, 1.807) is 4.90 Å². The Balaban J connectivity index is 1.66. The molecule has 26 heavy (non-hydrogen) atoms. The second-order valence-electron chi connectivity index (χ2n) is 6.87. The Bertz CT molecular complexity index is 799. The molecule has 1 fully saturated rings. The number of carbonyl (C=O) groups excluding carboxylic acids is 2. The molecule has 1 atom stereocenters. The van der Waals surface area contributed by atoms with Crippen molar-refractivity contribution in [3.05, 3.63) is 54.1 Å². The first kappa shape index (κ1) is 18.0. The molecule has 1 heterocycles. The van der Waals surface area contributed by atoms with Gasteiger partial charge < -0.3 is 15.0 Å². The second kappa shape index (κ2) is 7.60. The van der Waals surface area contributed by atoms with Crippen LogP contribution in [0.4, 0.5) is 11.4 Å². The summed E-state index contributed by atoms with van der Waals surface area (Å²) in [5, 5.41) is 2.94. The topological polar surface area (TPSA) is 58.6 Å². The van der Waals surface area contributed by atoms with Gasteiger partial charge >= 0.3 is 0 Å². The number of anilines is 2. The normalized spacial score (nSPS) is 16.8. The van der Waals surface area contributed by atoms with Crippen molar-refractivity contribution in [1.82, 2.24) is 0 Å². The van der Waals surface area contributed by atoms with Gasteiger partial charge in [-0.2, -0.15) is 0 Å². The molecular formula is C21H24N2O3. The van der Waals surface area contributed by atoms with Gasteiger partial charge in [-0.05, 0) is 56.7 Å². The highest BCUT2D eigenvalue weighted by molar-refractivity contribution is 6.03. The summed E-state index contributed by atoms with van der Waals surface area (Å²) in [5.74, 6) is 0.264. The number of hydrogen-bond acceptors (Lipinski definition) is 3. The summed E-state index contributed by atoms with van der Waals surface area (Å²) in [5.41, 5.74) is 2.58. The Hall–Kier alpha value is -2.82. The second-order valence-corrected chi connectivity index (χ2v) is 6.87. The first-order valence-corrected chi connectivity index (χ1v) is 8.87. The van der Waals surface area contributed by atoms with E-state index in [0.29, 0.717) is 6.54 Å². The number of amides is 2. The molecule has 3 rings (SSSR count). The molecule has 1 N–H and O–H groups in total. The third-order valence-corrected chi connectivity index (χ3v) is 4.42. The Labute approximate surface area is 154 Å². The van der Waals surface area contributed by atoms with Gasteiger partial charge in [0.1, 0.15) is 5.75 Å². The van der Waals surface area contributed by atoms with E-state index in [0.717, 1.165) is 22.7 Å². The van der Waals surface area contributed by atoms with E-state index in [2.05, 4.69) is 5.32 Å². The van der Waals surface area contributed by atoms with E-state index in [4.69, 9.17) is 4.74 Å². The predicted octanol–water partition coefficient (Wildman–Crippen LogP) is 3.77. The number of ether oxygens (including phenoxy) is 1. The van der Waals surface area contributed by atoms with Gasteiger partial charge in [-0.3, -0.25) is 9.59 Å². The van der Waals surface area contributed by atoms with Crippen molar-refractivity contribution in [3.8, 4) is 5.75 Å². The Kier molecular flexibility index (Phi) is 5.26. The molecule has 2 aromatic carbocycles. The van der Waals surface area contributed by atoms with E-state index in [1.807, 2.05) is 69.3 Å². The van der Waals surface area contributed by atoms with Gasteiger partial charge in [0.25, 0.3) is 0 Å². The lowest BCUT2D eigenvalue weighted by atomic mass is 10.1. The molecule has 1 aliphatic heterocycles. The molecule has 0 saturated carbocycles. The summed E-state index contributed by atoms with van der Waals surface area (Å²) in [6, 6.07) is 15.0. The third-order valence-electron chi connectivity index (χ3n) is 4.42. The molecule has 5 nitrogen and oxygen atoms in total. The van der Waals surface area contributed by atoms with Crippen LogP contribution in [0.1, 0.15) is 25.8 Å². The highest BCUT2D eigenvalue weighted by Crippen LogP contribution is 2.28. The summed E-state index contributed by atoms with van der Waals surface area (Å²) in [6.45, 7) is 6.27. The smallest absolute Gasteiger partial charge is 0.229 e. The van der Waals surface area contributed by atoms with Crippen LogP contribution in [0.15, 0.2) is 48.5 Å². The summed E-state index contributed by atoms with van der Waals surface area (Å²) in [6.07, 6.45) is 0.325. The van der Waals surface area contributed by atoms with Crippen molar-refractivity contribution in [2.45, 2.75) is 33.3 Å². The van der Waals surface area contributed by atoms with E-state index >= 15 is 0 Å². The molecule has 0 radical (unpaired) electrons. The first-order valence-electron chi connectivity index (χ1n) is 8.87. The molecule has 0 spiro atoms. The van der Waals surface area contributed by atoms with Gasteiger partial charge in [-0.25, -0.2) is 0 Å². The minimum absolute atomic E-state index is 0.0348. The van der Waals surface area contributed by atoms with Crippen molar-refractivity contribution in [1.29, 1.82) is 0 Å². The largest absolute Gasteiger partial charge is 0.491 e. The van der Waals surface area contributed by atoms with Gasteiger partial charge in [-0.1, -0.05) is 18.2 Å². The van der Waals surface area contributed by atoms with E-state index in [9.17, 15) is 9.59 Å². The number of para-hydroxylation sites is 1. The number of carbonyl (C=O) groups is 2. The van der Waals surface area contributed by atoms with Crippen LogP contribution in [0.2, 0.25) is 0 Å². The van der Waals surface area contributed by atoms with Gasteiger partial charge in [0, 0.05) is 24.3 Å². The van der Waals surface area contributed by atoms with Crippen LogP contribution in [-0.4, -0.2) is 24.5 Å². The van der Waals surface area contributed by atoms with Crippen LogP contribution in [0, 0.1) is 12.8 Å². The molecule has 0 unspecified atom stereocenters. The van der Waals surface area contributed by atoms with Gasteiger partial charge in [0.15, 0.2) is 0 Å². The SMILES string of the molecule is Cc1ccccc1NC(=O)[C@H]1CC(=O)N(c2ccc(OC(C)C)cc2)C1. The average molecular weight is 352 g/mol. The van der Waals surface area contributed by atoms with Gasteiger partial charge in [-0.15, -0.1) is 0 Å². The third kappa shape index (κ3) is 4.04. The molecule has 0 aliphatic carbocycles. The molecular weight excluding hydrogens is 328 g/mol. The average Bonchev–Trinajstić information content (AvgIpc) is 2.99. The minimum Gasteiger partial charge on any atom is -0.491 e. The Morgan fingerprint density at radius 3 is 2.50 bits per heavy atom. The Morgan fingerprint density at radius 2 is 1.85 bits per heavy atom. The lowest BCUT2D eigenvalue weighted by Gasteiger charge is -2.18. The molecule has 2 amide bonds. The quantitative estimate of drug-likeness (QED) is 0.891. The lowest BCUT2D eigenvalue weighted by molar-refractivity contribution is -0.122. The number of nitrogens with zero attached hydrogens (tertiary/aromatic N) is 1. The maximum absolute atomic E-state index is 12.6. The number of benzene rings is 2. The molecule has 1 aliphatic rings. The molecule has 0 bridgehead atoms. The first-order chi connectivity index (χ1) is 12.4. The van der Waals surface area contributed by atoms with Crippen LogP contribution in [0.5, 0.6) is 5.75 Å². The van der Waals surface area contributed by atoms with Crippen molar-refractivity contribution in [3.63, 3.8) is 0 Å². The minimum atomic E-state index is -0.353. The summed E-state index contributed by atoms with van der Waals surface area (Å²) >= 11 is 0. The zero-order chi connectivity index (χ0) is 18.7. The molecule has 2 aromatic rings. The number of aryl methyl sites for hydroxylation is 1. The zero-order valence-corrected chi connectivity index (χ0v) is 15.4. The summed E-state index contributed by atoms with van der Waals surface area (Å²) < 4.78 is 5.63. The summed E-state index contributed by atoms with van der Waals surface area (Å²) in [4.78, 5) is 26.6. The van der Waals surface area contributed by atoms with Crippen LogP contribution in [0.3, 0.4) is 0 Å². The number of nitrogens with one attached hydrogen (secondary N) is 1. The highest BCUT2D eigenvalue weighted by Gasteiger charge is 2.35. The Morgan fingerprint density at radius 1 is 1.15 bits per heavy atom. The van der Waals surface area contributed by atoms with E-state index in [1.165, 1.54) is 0 Å². The van der Waals surface area contributed by atoms with Gasteiger partial charge in [0.2, 0.25) is 11.8 Å². The van der Waals surface area contributed by atoms with Crippen LogP contribution < -0.4 is 15.0 Å². The van der Waals surface area contributed by atoms with Gasteiger partial charge in [0.05, 0.1) is 12.0 Å². The fourth-order valence-corrected chi connectivity index (χ4v) is 3.06. The van der Waals surface area contributed by atoms with Crippen molar-refractivity contribution >= 4 is 23.2 Å². The maximum Gasteiger partial charge on any atom is 0.229 e. The van der Waals surface area contributed by atoms with Crippen LogP contribution >= 0.6 is 0 Å². The molecule has 136 valence electrons. The zero-order valence-electron chi connectivity index (χ0n) is 15.4. The fourth-order valence-electron chi connectivity index (χ4n) is 3.06. The maximum atomic E-state index is 12.6. The monoisotopic (exact) mass is 352 g/mol. The van der Waals surface area contributed by atoms with E-state index < -0.39 is 0 Å². The highest BCUT2D eigenvalue weighted by atomic mass is 16.5. The van der Waals surface area contributed by atoms with Crippen molar-refractivity contribution in [2.24, 2.45) is 5.92 Å². The van der Waals surface area contributed by atoms with Crippen LogP contribution in [-0.2, 0) is 9.59 Å². The molecule has 5 heteroatoms. The fraction of sp³-hybridized carbons (Fsp3) is 0.333. The molecule has 1 saturated heterocycles. The van der Waals surface area contributed by atoms with Crippen molar-refractivity contribution < 1.29 is 14.3 Å².